The predicted molar refractivity (Wildman–Crippen MR) is 182 cm³/mol. The van der Waals surface area contributed by atoms with E-state index in [-0.39, 0.29) is 35.8 Å². The fourth-order valence-corrected chi connectivity index (χ4v) is 6.17. The van der Waals surface area contributed by atoms with Crippen LogP contribution < -0.4 is 16.0 Å². The van der Waals surface area contributed by atoms with Crippen LogP contribution in [0.5, 0.6) is 0 Å². The number of nitrogens with zero attached hydrogens (tertiary/aromatic N) is 4. The van der Waals surface area contributed by atoms with Crippen molar-refractivity contribution in [2.75, 3.05) is 36.8 Å². The number of hydrogen-bond donors (Lipinski definition) is 3. The number of benzene rings is 1. The maximum absolute atomic E-state index is 13.5. The number of ether oxygens (including phenoxy) is 1. The van der Waals surface area contributed by atoms with Crippen molar-refractivity contribution < 1.29 is 32.3 Å². The maximum Gasteiger partial charge on any atom is 0.416 e. The summed E-state index contributed by atoms with van der Waals surface area (Å²) < 4.78 is 45.7. The Balaban J connectivity index is 1.08. The first-order valence-corrected chi connectivity index (χ1v) is 16.9. The van der Waals surface area contributed by atoms with E-state index in [0.717, 1.165) is 43.6 Å². The number of piperidine rings is 2. The summed E-state index contributed by atoms with van der Waals surface area (Å²) >= 11 is 0. The van der Waals surface area contributed by atoms with E-state index in [1.54, 1.807) is 39.1 Å². The number of amides is 3. The fraction of sp³-hybridized carbons (Fsp3) is 0.472. The molecule has 0 saturated carbocycles. The van der Waals surface area contributed by atoms with Crippen molar-refractivity contribution in [3.05, 3.63) is 83.3 Å². The Morgan fingerprint density at radius 2 is 1.62 bits per heavy atom. The van der Waals surface area contributed by atoms with Crippen LogP contribution in [0, 0.1) is 5.92 Å². The first-order chi connectivity index (χ1) is 23.7. The molecular weight excluding hydrogens is 651 g/mol. The van der Waals surface area contributed by atoms with E-state index in [1.165, 1.54) is 18.3 Å². The van der Waals surface area contributed by atoms with Crippen LogP contribution in [-0.4, -0.2) is 75.5 Å². The van der Waals surface area contributed by atoms with Crippen LogP contribution in [0.2, 0.25) is 0 Å². The Morgan fingerprint density at radius 1 is 0.880 bits per heavy atom. The molecule has 1 aromatic carbocycles. The minimum absolute atomic E-state index is 0.0463. The Morgan fingerprint density at radius 3 is 2.28 bits per heavy atom. The highest BCUT2D eigenvalue weighted by molar-refractivity contribution is 6.03. The lowest BCUT2D eigenvalue weighted by molar-refractivity contribution is -0.138. The molecule has 2 aromatic heterocycles. The number of alkyl halides is 3. The molecule has 14 heteroatoms. The lowest BCUT2D eigenvalue weighted by Gasteiger charge is -2.37. The molecule has 0 bridgehead atoms. The molecule has 2 aliphatic rings. The highest BCUT2D eigenvalue weighted by Crippen LogP contribution is 2.33. The number of halogens is 3. The minimum atomic E-state index is -4.56. The lowest BCUT2D eigenvalue weighted by atomic mass is 9.93. The fourth-order valence-electron chi connectivity index (χ4n) is 6.17. The zero-order valence-electron chi connectivity index (χ0n) is 28.6. The molecule has 2 aliphatic heterocycles. The van der Waals surface area contributed by atoms with Gasteiger partial charge in [-0.3, -0.25) is 24.8 Å². The van der Waals surface area contributed by atoms with Crippen molar-refractivity contribution in [1.29, 1.82) is 0 Å². The number of aromatic nitrogens is 2. The summed E-state index contributed by atoms with van der Waals surface area (Å²) in [5, 5.41) is 8.69. The second-order valence-electron chi connectivity index (χ2n) is 13.7. The predicted octanol–water partition coefficient (Wildman–Crippen LogP) is 6.09. The molecule has 4 heterocycles. The van der Waals surface area contributed by atoms with Gasteiger partial charge in [0.2, 0.25) is 5.91 Å². The van der Waals surface area contributed by atoms with E-state index in [2.05, 4.69) is 30.8 Å². The average molecular weight is 696 g/mol. The van der Waals surface area contributed by atoms with Gasteiger partial charge in [-0.2, -0.15) is 13.2 Å². The van der Waals surface area contributed by atoms with E-state index < -0.39 is 29.3 Å². The Labute approximate surface area is 290 Å². The molecular formula is C36H44F3N7O4. The first-order valence-electron chi connectivity index (χ1n) is 16.9. The molecule has 268 valence electrons. The third kappa shape index (κ3) is 10.5. The number of likely N-dealkylation sites (tertiary alicyclic amines) is 2. The van der Waals surface area contributed by atoms with Crippen molar-refractivity contribution in [2.45, 2.75) is 77.4 Å². The second kappa shape index (κ2) is 16.0. The summed E-state index contributed by atoms with van der Waals surface area (Å²) in [5.74, 6) is -0.0528. The van der Waals surface area contributed by atoms with Gasteiger partial charge in [-0.05, 0) is 107 Å². The number of anilines is 2. The van der Waals surface area contributed by atoms with Crippen molar-refractivity contribution in [3.8, 4) is 0 Å². The summed E-state index contributed by atoms with van der Waals surface area (Å²) in [7, 11) is 0. The topological polar surface area (TPSA) is 129 Å². The molecule has 0 spiro atoms. The molecule has 11 nitrogen and oxygen atoms in total. The summed E-state index contributed by atoms with van der Waals surface area (Å²) in [5.41, 5.74) is 0.239. The van der Waals surface area contributed by atoms with E-state index in [0.29, 0.717) is 43.9 Å². The highest BCUT2D eigenvalue weighted by Gasteiger charge is 2.33. The van der Waals surface area contributed by atoms with Gasteiger partial charge < -0.3 is 20.3 Å². The number of carbonyl (C=O) groups excluding carboxylic acids is 3. The van der Waals surface area contributed by atoms with Crippen molar-refractivity contribution >= 4 is 29.4 Å². The molecule has 3 aromatic rings. The van der Waals surface area contributed by atoms with Gasteiger partial charge in [-0.25, -0.2) is 9.78 Å². The van der Waals surface area contributed by atoms with Gasteiger partial charge in [0.25, 0.3) is 5.91 Å². The van der Waals surface area contributed by atoms with E-state index >= 15 is 0 Å². The molecule has 0 aliphatic carbocycles. The zero-order valence-corrected chi connectivity index (χ0v) is 28.6. The Kier molecular flexibility index (Phi) is 11.7. The molecule has 3 amide bonds. The number of nitrogens with one attached hydrogen (secondary N) is 3. The van der Waals surface area contributed by atoms with E-state index in [9.17, 15) is 27.6 Å². The number of hydrogen-bond acceptors (Lipinski definition) is 8. The third-order valence-electron chi connectivity index (χ3n) is 8.77. The summed E-state index contributed by atoms with van der Waals surface area (Å²) in [6.45, 7) is 9.06. The van der Waals surface area contributed by atoms with Gasteiger partial charge in [0.05, 0.1) is 5.56 Å². The Hall–Kier alpha value is -4.56. The van der Waals surface area contributed by atoms with Crippen molar-refractivity contribution in [2.24, 2.45) is 5.92 Å². The molecule has 0 unspecified atom stereocenters. The van der Waals surface area contributed by atoms with Gasteiger partial charge in [0.1, 0.15) is 17.1 Å². The van der Waals surface area contributed by atoms with Crippen LogP contribution in [0.25, 0.3) is 0 Å². The smallest absolute Gasteiger partial charge is 0.416 e. The van der Waals surface area contributed by atoms with Crippen LogP contribution >= 0.6 is 0 Å². The third-order valence-corrected chi connectivity index (χ3v) is 8.77. The van der Waals surface area contributed by atoms with Crippen LogP contribution in [-0.2, 0) is 28.8 Å². The zero-order chi connectivity index (χ0) is 35.9. The minimum Gasteiger partial charge on any atom is -0.444 e. The first kappa shape index (κ1) is 36.7. The molecule has 2 saturated heterocycles. The largest absolute Gasteiger partial charge is 0.444 e. The summed E-state index contributed by atoms with van der Waals surface area (Å²) in [6, 6.07) is 11.9. The average Bonchev–Trinajstić information content (AvgIpc) is 3.07. The van der Waals surface area contributed by atoms with Gasteiger partial charge in [-0.15, -0.1) is 0 Å². The van der Waals surface area contributed by atoms with E-state index in [1.807, 2.05) is 17.0 Å². The second-order valence-corrected chi connectivity index (χ2v) is 13.7. The maximum atomic E-state index is 13.5. The van der Waals surface area contributed by atoms with Crippen LogP contribution in [0.4, 0.5) is 29.5 Å². The van der Waals surface area contributed by atoms with Crippen molar-refractivity contribution in [3.63, 3.8) is 0 Å². The molecule has 3 N–H and O–H groups in total. The summed E-state index contributed by atoms with van der Waals surface area (Å²) in [6.07, 6.45) is 0.915. The van der Waals surface area contributed by atoms with Crippen molar-refractivity contribution in [1.82, 2.24) is 25.1 Å². The number of rotatable bonds is 9. The molecule has 0 radical (unpaired) electrons. The Bertz CT molecular complexity index is 1630. The van der Waals surface area contributed by atoms with Crippen LogP contribution in [0.3, 0.4) is 0 Å². The van der Waals surface area contributed by atoms with Gasteiger partial charge in [-0.1, -0.05) is 12.1 Å². The molecule has 0 atom stereocenters. The number of carbonyl (C=O) groups is 3. The normalized spacial score (nSPS) is 16.6. The molecule has 2 fully saturated rings. The monoisotopic (exact) mass is 695 g/mol. The molecule has 50 heavy (non-hydrogen) atoms. The SMILES string of the molecule is CC(C)(C)OC(=O)Nc1cc(CN2CCC(C(=O)N3CCC(NCc4ccc(C(F)(F)F)cc4NC(=O)c4ccccn4)CC3)CC2)ccn1. The summed E-state index contributed by atoms with van der Waals surface area (Å²) in [4.78, 5) is 50.7. The molecule has 5 rings (SSSR count). The van der Waals surface area contributed by atoms with Gasteiger partial charge in [0, 0.05) is 56.2 Å². The lowest BCUT2D eigenvalue weighted by Crippen LogP contribution is -2.48. The quantitative estimate of drug-likeness (QED) is 0.246. The highest BCUT2D eigenvalue weighted by atomic mass is 19.4. The standard InChI is InChI=1S/C36H44F3N7O4/c1-35(2,3)50-34(49)44-31-20-24(9-15-41-31)23-45-16-10-25(11-17-45)33(48)46-18-12-28(13-19-46)42-22-26-7-8-27(36(37,38)39)21-30(26)43-32(47)29-6-4-5-14-40-29/h4-9,14-15,20-21,25,28,42H,10-13,16-19,22-23H2,1-3H3,(H,43,47)(H,41,44,49). The van der Waals surface area contributed by atoms with Crippen LogP contribution in [0.1, 0.15) is 73.6 Å². The van der Waals surface area contributed by atoms with Crippen LogP contribution in [0.15, 0.2) is 60.9 Å². The van der Waals surface area contributed by atoms with E-state index in [4.69, 9.17) is 4.74 Å². The number of pyridine rings is 2. The van der Waals surface area contributed by atoms with Gasteiger partial charge >= 0.3 is 12.3 Å². The van der Waals surface area contributed by atoms with Gasteiger partial charge in [0.15, 0.2) is 0 Å².